The summed E-state index contributed by atoms with van der Waals surface area (Å²) < 4.78 is 22.9. The lowest BCUT2D eigenvalue weighted by atomic mass is 9.85. The second kappa shape index (κ2) is 37.5. The quantitative estimate of drug-likeness (QED) is 0.0161. The predicted octanol–water partition coefficient (Wildman–Crippen LogP) is 8.31. The molecule has 0 spiro atoms. The van der Waals surface area contributed by atoms with Gasteiger partial charge >= 0.3 is 7.82 Å². The average Bonchev–Trinajstić information content (AvgIpc) is 3.24. The molecular formula is C48H88NO12P. The van der Waals surface area contributed by atoms with E-state index in [1.807, 2.05) is 0 Å². The molecule has 0 aromatic carbocycles. The fourth-order valence-corrected chi connectivity index (χ4v) is 8.44. The number of nitrogens with one attached hydrogen (secondary N) is 1. The lowest BCUT2D eigenvalue weighted by molar-refractivity contribution is -0.220. The van der Waals surface area contributed by atoms with Crippen molar-refractivity contribution in [3.05, 3.63) is 48.6 Å². The number of rotatable bonds is 39. The van der Waals surface area contributed by atoms with Crippen LogP contribution in [0.25, 0.3) is 0 Å². The summed E-state index contributed by atoms with van der Waals surface area (Å²) in [5.74, 6) is -0.605. The van der Waals surface area contributed by atoms with Crippen LogP contribution in [0.2, 0.25) is 0 Å². The molecule has 13 nitrogen and oxygen atoms in total. The van der Waals surface area contributed by atoms with E-state index in [1.54, 1.807) is 6.08 Å². The molecule has 0 aromatic rings. The molecular weight excluding hydrogens is 813 g/mol. The Bertz CT molecular complexity index is 1250. The number of hydrogen-bond acceptors (Lipinski definition) is 11. The van der Waals surface area contributed by atoms with Crippen molar-refractivity contribution in [3.8, 4) is 0 Å². The van der Waals surface area contributed by atoms with Gasteiger partial charge in [-0.25, -0.2) is 4.57 Å². The Labute approximate surface area is 374 Å². The molecule has 0 radical (unpaired) electrons. The van der Waals surface area contributed by atoms with Crippen molar-refractivity contribution in [2.75, 3.05) is 6.61 Å². The van der Waals surface area contributed by atoms with Crippen molar-refractivity contribution in [1.29, 1.82) is 0 Å². The summed E-state index contributed by atoms with van der Waals surface area (Å²) in [4.78, 5) is 23.4. The lowest BCUT2D eigenvalue weighted by Gasteiger charge is -2.41. The van der Waals surface area contributed by atoms with Crippen LogP contribution in [0.3, 0.4) is 0 Å². The topological polar surface area (TPSA) is 226 Å². The summed E-state index contributed by atoms with van der Waals surface area (Å²) in [6.07, 6.45) is 30.6. The maximum absolute atomic E-state index is 13.0. The Morgan fingerprint density at radius 3 is 1.60 bits per heavy atom. The molecule has 1 rings (SSSR count). The fourth-order valence-electron chi connectivity index (χ4n) is 7.47. The summed E-state index contributed by atoms with van der Waals surface area (Å²) in [6.45, 7) is 3.61. The van der Waals surface area contributed by atoms with Crippen molar-refractivity contribution >= 4 is 13.7 Å². The van der Waals surface area contributed by atoms with E-state index in [0.717, 1.165) is 57.8 Å². The highest BCUT2D eigenvalue weighted by molar-refractivity contribution is 7.47. The minimum atomic E-state index is -5.15. The van der Waals surface area contributed by atoms with Gasteiger partial charge in [-0.2, -0.15) is 0 Å². The number of aliphatic hydroxyl groups is 7. The van der Waals surface area contributed by atoms with Crippen molar-refractivity contribution in [2.24, 2.45) is 0 Å². The third-order valence-corrected chi connectivity index (χ3v) is 12.4. The van der Waals surface area contributed by atoms with Crippen LogP contribution in [-0.4, -0.2) is 108 Å². The van der Waals surface area contributed by atoms with Gasteiger partial charge in [-0.15, -0.1) is 0 Å². The van der Waals surface area contributed by atoms with Crippen LogP contribution in [0.4, 0.5) is 0 Å². The zero-order chi connectivity index (χ0) is 45.9. The fraction of sp³-hybridized carbons (Fsp3) is 0.812. The van der Waals surface area contributed by atoms with Gasteiger partial charge in [-0.3, -0.25) is 13.8 Å². The SMILES string of the molecule is CC/C=C\C/C=C\CCCCCCCCCCCCCCC(O)CC(=O)NC(COP(=O)(O)OC1C(O)C(O)C(O)C(O)C1O)C(O)/C=C/CC/C=C/CCCCCCCCC. The Balaban J connectivity index is 2.50. The van der Waals surface area contributed by atoms with Crippen molar-refractivity contribution in [1.82, 2.24) is 5.32 Å². The first-order valence-electron chi connectivity index (χ1n) is 24.2. The van der Waals surface area contributed by atoms with Gasteiger partial charge in [0, 0.05) is 0 Å². The molecule has 0 aromatic heterocycles. The third-order valence-electron chi connectivity index (χ3n) is 11.4. The summed E-state index contributed by atoms with van der Waals surface area (Å²) in [6, 6.07) is -1.26. The number of amides is 1. The van der Waals surface area contributed by atoms with E-state index in [0.29, 0.717) is 12.8 Å². The molecule has 0 saturated heterocycles. The highest BCUT2D eigenvalue weighted by atomic mass is 31.2. The monoisotopic (exact) mass is 902 g/mol. The van der Waals surface area contributed by atoms with E-state index in [9.17, 15) is 50.0 Å². The van der Waals surface area contributed by atoms with Crippen LogP contribution >= 0.6 is 7.82 Å². The van der Waals surface area contributed by atoms with Crippen LogP contribution in [-0.2, 0) is 18.4 Å². The second-order valence-corrected chi connectivity index (χ2v) is 18.5. The smallest absolute Gasteiger partial charge is 0.393 e. The van der Waals surface area contributed by atoms with Crippen molar-refractivity contribution in [3.63, 3.8) is 0 Å². The first kappa shape index (κ1) is 58.3. The number of phosphoric acid groups is 1. The largest absolute Gasteiger partial charge is 0.472 e. The molecule has 9 N–H and O–H groups in total. The zero-order valence-corrected chi connectivity index (χ0v) is 39.2. The molecule has 62 heavy (non-hydrogen) atoms. The van der Waals surface area contributed by atoms with Gasteiger partial charge in [0.05, 0.1) is 31.3 Å². The molecule has 0 aliphatic heterocycles. The van der Waals surface area contributed by atoms with Crippen molar-refractivity contribution < 1.29 is 59.0 Å². The first-order valence-corrected chi connectivity index (χ1v) is 25.7. The van der Waals surface area contributed by atoms with E-state index in [-0.39, 0.29) is 6.42 Å². The number of carbonyl (C=O) groups excluding carboxylic acids is 1. The van der Waals surface area contributed by atoms with Crippen LogP contribution in [0.1, 0.15) is 187 Å². The molecule has 1 aliphatic rings. The van der Waals surface area contributed by atoms with Crippen LogP contribution in [0.5, 0.6) is 0 Å². The van der Waals surface area contributed by atoms with E-state index in [4.69, 9.17) is 9.05 Å². The lowest BCUT2D eigenvalue weighted by Crippen LogP contribution is -2.64. The summed E-state index contributed by atoms with van der Waals surface area (Å²) in [5, 5.41) is 74.5. The number of allylic oxidation sites excluding steroid dienone is 7. The molecule has 1 aliphatic carbocycles. The Kier molecular flexibility index (Phi) is 35.2. The molecule has 1 fully saturated rings. The van der Waals surface area contributed by atoms with Gasteiger partial charge in [0.1, 0.15) is 36.6 Å². The standard InChI is InChI=1S/C48H88NO12P/c1-3-5-7-9-11-13-15-17-18-19-20-21-22-24-25-27-29-31-33-35-39(50)37-42(52)49-40(41(51)36-34-32-30-28-26-23-16-14-12-10-8-6-4-2)38-60-62(58,59)61-48-46(56)44(54)43(53)45(55)47(48)57/h5,7,11,13,26,28,34,36,39-41,43-48,50-51,53-57H,3-4,6,8-10,12,14-25,27,29-33,35,37-38H2,1-2H3,(H,49,52)(H,58,59)/b7-5-,13-11-,28-26+,36-34+. The Morgan fingerprint density at radius 2 is 1.05 bits per heavy atom. The van der Waals surface area contributed by atoms with Crippen LogP contribution in [0, 0.1) is 0 Å². The van der Waals surface area contributed by atoms with E-state index >= 15 is 0 Å². The highest BCUT2D eigenvalue weighted by Gasteiger charge is 2.51. The summed E-state index contributed by atoms with van der Waals surface area (Å²) in [5.41, 5.74) is 0. The number of hydrogen-bond donors (Lipinski definition) is 9. The normalized spacial score (nSPS) is 23.5. The summed E-state index contributed by atoms with van der Waals surface area (Å²) >= 11 is 0. The van der Waals surface area contributed by atoms with Gasteiger partial charge in [0.25, 0.3) is 0 Å². The maximum Gasteiger partial charge on any atom is 0.472 e. The highest BCUT2D eigenvalue weighted by Crippen LogP contribution is 2.47. The van der Waals surface area contributed by atoms with E-state index < -0.39 is 75.2 Å². The van der Waals surface area contributed by atoms with E-state index in [1.165, 1.54) is 102 Å². The minimum Gasteiger partial charge on any atom is -0.393 e. The third kappa shape index (κ3) is 28.9. The Morgan fingerprint density at radius 1 is 0.597 bits per heavy atom. The second-order valence-electron chi connectivity index (χ2n) is 17.1. The Hall–Kier alpha value is -1.74. The van der Waals surface area contributed by atoms with Crippen LogP contribution < -0.4 is 5.32 Å². The molecule has 1 amide bonds. The van der Waals surface area contributed by atoms with Gasteiger partial charge in [-0.1, -0.05) is 172 Å². The molecule has 14 heteroatoms. The van der Waals surface area contributed by atoms with Crippen molar-refractivity contribution in [2.45, 2.75) is 242 Å². The molecule has 8 atom stereocenters. The van der Waals surface area contributed by atoms with E-state index in [2.05, 4.69) is 55.6 Å². The predicted molar refractivity (Wildman–Crippen MR) is 247 cm³/mol. The van der Waals surface area contributed by atoms with Crippen LogP contribution in [0.15, 0.2) is 48.6 Å². The number of aliphatic hydroxyl groups excluding tert-OH is 7. The number of phosphoric ester groups is 1. The van der Waals surface area contributed by atoms with Gasteiger partial charge in [-0.05, 0) is 57.8 Å². The summed E-state index contributed by atoms with van der Waals surface area (Å²) in [7, 11) is -5.15. The zero-order valence-electron chi connectivity index (χ0n) is 38.3. The number of unbranched alkanes of at least 4 members (excludes halogenated alkanes) is 20. The average molecular weight is 902 g/mol. The molecule has 362 valence electrons. The molecule has 0 heterocycles. The maximum atomic E-state index is 13.0. The van der Waals surface area contributed by atoms with Gasteiger partial charge in [0.15, 0.2) is 0 Å². The first-order chi connectivity index (χ1) is 29.8. The minimum absolute atomic E-state index is 0.254. The molecule has 8 unspecified atom stereocenters. The number of carbonyl (C=O) groups is 1. The molecule has 1 saturated carbocycles. The van der Waals surface area contributed by atoms with Gasteiger partial charge in [0.2, 0.25) is 5.91 Å². The molecule has 0 bridgehead atoms. The van der Waals surface area contributed by atoms with Gasteiger partial charge < -0.3 is 46.0 Å².